The number of ether oxygens (including phenoxy) is 2. The van der Waals surface area contributed by atoms with E-state index in [1.165, 1.54) is 0 Å². The number of benzene rings is 2. The van der Waals surface area contributed by atoms with Crippen molar-refractivity contribution in [1.29, 1.82) is 0 Å². The molecule has 0 spiro atoms. The van der Waals surface area contributed by atoms with Crippen LogP contribution in [0.4, 0.5) is 5.69 Å². The van der Waals surface area contributed by atoms with Crippen molar-refractivity contribution < 1.29 is 9.47 Å². The smallest absolute Gasteiger partial charge is 0.127 e. The first-order valence-electron chi connectivity index (χ1n) is 10.8. The summed E-state index contributed by atoms with van der Waals surface area (Å²) in [6, 6.07) is 15.4. The third-order valence-corrected chi connectivity index (χ3v) is 5.03. The van der Waals surface area contributed by atoms with Crippen LogP contribution in [0, 0.1) is 0 Å². The second-order valence-electron chi connectivity index (χ2n) is 8.07. The quantitative estimate of drug-likeness (QED) is 0.237. The molecule has 0 aromatic heterocycles. The van der Waals surface area contributed by atoms with Crippen LogP contribution in [-0.4, -0.2) is 0 Å². The third kappa shape index (κ3) is 7.93. The van der Waals surface area contributed by atoms with Gasteiger partial charge in [0.1, 0.15) is 17.3 Å². The van der Waals surface area contributed by atoms with Gasteiger partial charge in [0.15, 0.2) is 0 Å². The van der Waals surface area contributed by atoms with Crippen molar-refractivity contribution in [3.8, 4) is 11.5 Å². The van der Waals surface area contributed by atoms with E-state index in [0.717, 1.165) is 22.6 Å². The summed E-state index contributed by atoms with van der Waals surface area (Å²) in [5.41, 5.74) is 14.9. The molecule has 33 heavy (non-hydrogen) atoms. The molecule has 2 aromatic rings. The third-order valence-electron chi connectivity index (χ3n) is 5.03. The molecule has 0 fully saturated rings. The first-order chi connectivity index (χ1) is 15.8. The minimum absolute atomic E-state index is 0.229. The molecule has 0 aliphatic heterocycles. The summed E-state index contributed by atoms with van der Waals surface area (Å²) in [5.74, 6) is 2.10. The van der Waals surface area contributed by atoms with Crippen LogP contribution in [0.3, 0.4) is 0 Å². The number of nitrogens with two attached hydrogens (primary N) is 2. The summed E-state index contributed by atoms with van der Waals surface area (Å²) in [6.07, 6.45) is 15.0. The molecule has 0 unspecified atom stereocenters. The summed E-state index contributed by atoms with van der Waals surface area (Å²) in [6.45, 7) is 12.0. The Morgan fingerprint density at radius 2 is 1.58 bits per heavy atom. The summed E-state index contributed by atoms with van der Waals surface area (Å²) in [5, 5.41) is 0. The highest BCUT2D eigenvalue weighted by Gasteiger charge is 2.23. The predicted octanol–water partition coefficient (Wildman–Crippen LogP) is 6.95. The Morgan fingerprint density at radius 1 is 0.939 bits per heavy atom. The van der Waals surface area contributed by atoms with Crippen LogP contribution >= 0.6 is 0 Å². The van der Waals surface area contributed by atoms with E-state index in [0.29, 0.717) is 17.1 Å². The molecule has 0 bridgehead atoms. The average molecular weight is 443 g/mol. The maximum atomic E-state index is 5.90. The van der Waals surface area contributed by atoms with E-state index in [1.807, 2.05) is 62.4 Å². The van der Waals surface area contributed by atoms with Gasteiger partial charge in [-0.25, -0.2) is 0 Å². The van der Waals surface area contributed by atoms with Crippen molar-refractivity contribution in [1.82, 2.24) is 0 Å². The van der Waals surface area contributed by atoms with Gasteiger partial charge in [0, 0.05) is 16.8 Å². The van der Waals surface area contributed by atoms with E-state index in [2.05, 4.69) is 44.7 Å². The second kappa shape index (κ2) is 12.2. The maximum Gasteiger partial charge on any atom is 0.127 e. The van der Waals surface area contributed by atoms with Crippen LogP contribution in [-0.2, 0) is 5.41 Å². The van der Waals surface area contributed by atoms with Gasteiger partial charge in [-0.1, -0.05) is 50.8 Å². The lowest BCUT2D eigenvalue weighted by Crippen LogP contribution is -2.19. The number of nitrogen functional groups attached to an aromatic ring is 1. The molecule has 2 rings (SSSR count). The van der Waals surface area contributed by atoms with E-state index >= 15 is 0 Å². The van der Waals surface area contributed by atoms with Gasteiger partial charge >= 0.3 is 0 Å². The van der Waals surface area contributed by atoms with Gasteiger partial charge in [0.05, 0.1) is 6.26 Å². The van der Waals surface area contributed by atoms with E-state index in [4.69, 9.17) is 20.9 Å². The van der Waals surface area contributed by atoms with Gasteiger partial charge in [-0.2, -0.15) is 0 Å². The highest BCUT2D eigenvalue weighted by molar-refractivity contribution is 5.44. The summed E-state index contributed by atoms with van der Waals surface area (Å²) in [4.78, 5) is 0. The van der Waals surface area contributed by atoms with E-state index in [9.17, 15) is 0 Å². The van der Waals surface area contributed by atoms with Crippen LogP contribution in [0.25, 0.3) is 0 Å². The Labute approximate surface area is 197 Å². The predicted molar refractivity (Wildman–Crippen MR) is 140 cm³/mol. The van der Waals surface area contributed by atoms with E-state index < -0.39 is 0 Å². The molecular formula is C29H34N2O2. The molecule has 0 atom stereocenters. The largest absolute Gasteiger partial charge is 0.465 e. The molecule has 2 aromatic carbocycles. The topological polar surface area (TPSA) is 70.5 Å². The normalized spacial score (nSPS) is 13.5. The monoisotopic (exact) mass is 442 g/mol. The van der Waals surface area contributed by atoms with Crippen molar-refractivity contribution in [3.05, 3.63) is 126 Å². The number of allylic oxidation sites excluding steroid dienone is 9. The highest BCUT2D eigenvalue weighted by Crippen LogP contribution is 2.33. The summed E-state index contributed by atoms with van der Waals surface area (Å²) < 4.78 is 11.6. The Kier molecular flexibility index (Phi) is 9.37. The molecule has 0 heterocycles. The zero-order chi connectivity index (χ0) is 24.3. The Bertz CT molecular complexity index is 1060. The lowest BCUT2D eigenvalue weighted by atomic mass is 9.77. The first-order valence-corrected chi connectivity index (χ1v) is 10.8. The van der Waals surface area contributed by atoms with Gasteiger partial charge in [0.25, 0.3) is 0 Å². The molecule has 0 aliphatic rings. The molecule has 4 heteroatoms. The maximum absolute atomic E-state index is 5.90. The van der Waals surface area contributed by atoms with Crippen LogP contribution in [0.1, 0.15) is 33.3 Å². The lowest BCUT2D eigenvalue weighted by molar-refractivity contribution is 0.444. The Hall–Kier alpha value is -3.92. The van der Waals surface area contributed by atoms with E-state index in [-0.39, 0.29) is 5.41 Å². The fourth-order valence-corrected chi connectivity index (χ4v) is 3.06. The highest BCUT2D eigenvalue weighted by atomic mass is 16.5. The fraction of sp³-hybridized carbons (Fsp3) is 0.172. The number of rotatable bonds is 10. The van der Waals surface area contributed by atoms with Gasteiger partial charge < -0.3 is 20.9 Å². The summed E-state index contributed by atoms with van der Waals surface area (Å²) >= 11 is 0. The molecule has 0 saturated heterocycles. The number of hydrogen-bond acceptors (Lipinski definition) is 4. The van der Waals surface area contributed by atoms with Crippen molar-refractivity contribution >= 4 is 5.69 Å². The minimum atomic E-state index is -0.229. The fourth-order valence-electron chi connectivity index (χ4n) is 3.06. The molecule has 0 radical (unpaired) electrons. The zero-order valence-corrected chi connectivity index (χ0v) is 19.9. The van der Waals surface area contributed by atoms with Crippen LogP contribution in [0.5, 0.6) is 11.5 Å². The molecule has 0 aliphatic carbocycles. The SMILES string of the molecule is C=C/C(=C\C=C(/C)N)Oc1ccc(C(C)(C)C(/C=C\C)=C/C=C/Oc2ccc(N)cc2)cc1. The van der Waals surface area contributed by atoms with Gasteiger partial charge in [-0.3, -0.25) is 0 Å². The van der Waals surface area contributed by atoms with Gasteiger partial charge in [-0.15, -0.1) is 0 Å². The molecule has 172 valence electrons. The van der Waals surface area contributed by atoms with Crippen molar-refractivity contribution in [3.63, 3.8) is 0 Å². The zero-order valence-electron chi connectivity index (χ0n) is 19.9. The molecule has 4 N–H and O–H groups in total. The molecule has 4 nitrogen and oxygen atoms in total. The lowest BCUT2D eigenvalue weighted by Gasteiger charge is -2.27. The van der Waals surface area contributed by atoms with Crippen LogP contribution < -0.4 is 20.9 Å². The average Bonchev–Trinajstić information content (AvgIpc) is 2.80. The molecule has 0 saturated carbocycles. The Morgan fingerprint density at radius 3 is 2.15 bits per heavy atom. The van der Waals surface area contributed by atoms with Crippen molar-refractivity contribution in [2.75, 3.05) is 5.73 Å². The molecular weight excluding hydrogens is 408 g/mol. The number of anilines is 1. The van der Waals surface area contributed by atoms with Crippen LogP contribution in [0.15, 0.2) is 121 Å². The van der Waals surface area contributed by atoms with E-state index in [1.54, 1.807) is 24.5 Å². The van der Waals surface area contributed by atoms with Gasteiger partial charge in [0.2, 0.25) is 0 Å². The Balaban J connectivity index is 2.17. The van der Waals surface area contributed by atoms with Crippen LogP contribution in [0.2, 0.25) is 0 Å². The van der Waals surface area contributed by atoms with Gasteiger partial charge in [-0.05, 0) is 85.7 Å². The second-order valence-corrected chi connectivity index (χ2v) is 8.07. The molecule has 0 amide bonds. The van der Waals surface area contributed by atoms with Crippen molar-refractivity contribution in [2.24, 2.45) is 5.73 Å². The number of hydrogen-bond donors (Lipinski definition) is 2. The first kappa shape index (κ1) is 25.3. The van der Waals surface area contributed by atoms with Crippen molar-refractivity contribution in [2.45, 2.75) is 33.1 Å². The standard InChI is InChI=1S/C29H34N2O2/c1-6-9-23(10-8-21-32-27-19-14-25(31)15-20-27)29(4,5)24-12-17-28(18-13-24)33-26(7-2)16-11-22(3)30/h6-21H,2,30-31H2,1,3-5H3/b9-6-,21-8+,22-11+,23-10+,26-16+. The summed E-state index contributed by atoms with van der Waals surface area (Å²) in [7, 11) is 0. The minimum Gasteiger partial charge on any atom is -0.465 e.